The third-order valence-electron chi connectivity index (χ3n) is 9.24. The Hall–Kier alpha value is -1.10. The Labute approximate surface area is 195 Å². The second-order valence-electron chi connectivity index (χ2n) is 10.9. The van der Waals surface area contributed by atoms with Gasteiger partial charge < -0.3 is 9.47 Å². The molecule has 172 valence electrons. The molecular weight excluding hydrogens is 456 g/mol. The van der Waals surface area contributed by atoms with Crippen molar-refractivity contribution in [2.45, 2.75) is 85.4 Å². The lowest BCUT2D eigenvalue weighted by Gasteiger charge is -2.57. The Bertz CT molecular complexity index is 816. The number of esters is 2. The smallest absolute Gasteiger partial charge is 0.302 e. The van der Waals surface area contributed by atoms with Crippen LogP contribution < -0.4 is 0 Å². The van der Waals surface area contributed by atoms with Crippen molar-refractivity contribution in [2.24, 2.45) is 34.5 Å². The van der Waals surface area contributed by atoms with E-state index in [2.05, 4.69) is 48.9 Å². The number of alkyl halides is 1. The molecule has 4 aliphatic rings. The van der Waals surface area contributed by atoms with E-state index in [1.165, 1.54) is 38.7 Å². The van der Waals surface area contributed by atoms with Gasteiger partial charge in [0.05, 0.1) is 0 Å². The van der Waals surface area contributed by atoms with Gasteiger partial charge in [-0.1, -0.05) is 60.0 Å². The molecule has 0 aromatic rings. The molecule has 4 rings (SSSR count). The molecule has 3 unspecified atom stereocenters. The van der Waals surface area contributed by atoms with E-state index in [9.17, 15) is 9.59 Å². The molecule has 0 amide bonds. The fourth-order valence-electron chi connectivity index (χ4n) is 7.78. The number of carbonyl (C=O) groups excluding carboxylic acids is 2. The van der Waals surface area contributed by atoms with Crippen LogP contribution in [0, 0.1) is 34.5 Å². The van der Waals surface area contributed by atoms with Crippen LogP contribution in [0.3, 0.4) is 0 Å². The zero-order valence-electron chi connectivity index (χ0n) is 19.6. The number of carbonyl (C=O) groups is 2. The van der Waals surface area contributed by atoms with E-state index in [-0.39, 0.29) is 29.6 Å². The maximum atomic E-state index is 12.0. The van der Waals surface area contributed by atoms with E-state index in [0.717, 1.165) is 24.1 Å². The van der Waals surface area contributed by atoms with Crippen LogP contribution in [0.4, 0.5) is 0 Å². The summed E-state index contributed by atoms with van der Waals surface area (Å²) in [5, 5.41) is 1.07. The number of allylic oxidation sites excluding steroid dienone is 3. The lowest BCUT2D eigenvalue weighted by atomic mass is 9.49. The predicted octanol–water partition coefficient (Wildman–Crippen LogP) is 5.99. The van der Waals surface area contributed by atoms with Gasteiger partial charge in [-0.3, -0.25) is 9.59 Å². The maximum Gasteiger partial charge on any atom is 0.302 e. The average molecular weight is 493 g/mol. The minimum absolute atomic E-state index is 0.215. The first-order valence-corrected chi connectivity index (χ1v) is 13.0. The van der Waals surface area contributed by atoms with E-state index in [1.54, 1.807) is 5.57 Å². The summed E-state index contributed by atoms with van der Waals surface area (Å²) in [6.45, 7) is 10.1. The van der Waals surface area contributed by atoms with Gasteiger partial charge in [-0.2, -0.15) is 0 Å². The van der Waals surface area contributed by atoms with Crippen molar-refractivity contribution in [2.75, 3.05) is 5.33 Å². The van der Waals surface area contributed by atoms with Crippen molar-refractivity contribution in [1.29, 1.82) is 0 Å². The van der Waals surface area contributed by atoms with Crippen molar-refractivity contribution in [1.82, 2.24) is 0 Å². The first-order chi connectivity index (χ1) is 14.6. The summed E-state index contributed by atoms with van der Waals surface area (Å²) in [5.41, 5.74) is 2.99. The lowest BCUT2D eigenvalue weighted by molar-refractivity contribution is -0.165. The summed E-state index contributed by atoms with van der Waals surface area (Å²) in [6, 6.07) is 0. The highest BCUT2D eigenvalue weighted by molar-refractivity contribution is 9.09. The summed E-state index contributed by atoms with van der Waals surface area (Å²) in [5.74, 6) is 1.92. The highest BCUT2D eigenvalue weighted by atomic mass is 79.9. The average Bonchev–Trinajstić information content (AvgIpc) is 3.04. The zero-order chi connectivity index (χ0) is 22.6. The number of hydrogen-bond donors (Lipinski definition) is 0. The quantitative estimate of drug-likeness (QED) is 0.357. The van der Waals surface area contributed by atoms with E-state index in [1.807, 2.05) is 0 Å². The molecule has 3 saturated carbocycles. The Morgan fingerprint density at radius 3 is 2.45 bits per heavy atom. The maximum absolute atomic E-state index is 12.0. The summed E-state index contributed by atoms with van der Waals surface area (Å²) in [4.78, 5) is 23.6. The Kier molecular flexibility index (Phi) is 6.22. The summed E-state index contributed by atoms with van der Waals surface area (Å²) < 4.78 is 11.5. The van der Waals surface area contributed by atoms with Crippen molar-refractivity contribution in [3.8, 4) is 0 Å². The molecular formula is C26H37BrO4. The molecule has 0 aromatic heterocycles. The van der Waals surface area contributed by atoms with Gasteiger partial charge in [0.2, 0.25) is 0 Å². The molecule has 5 heteroatoms. The first kappa shape index (κ1) is 23.1. The van der Waals surface area contributed by atoms with E-state index in [0.29, 0.717) is 29.6 Å². The lowest BCUT2D eigenvalue weighted by Crippen LogP contribution is -2.54. The summed E-state index contributed by atoms with van der Waals surface area (Å²) in [6.07, 6.45) is 10.4. The van der Waals surface area contributed by atoms with Crippen LogP contribution in [-0.4, -0.2) is 29.5 Å². The predicted molar refractivity (Wildman–Crippen MR) is 125 cm³/mol. The third-order valence-corrected chi connectivity index (χ3v) is 10.3. The first-order valence-electron chi connectivity index (χ1n) is 11.9. The van der Waals surface area contributed by atoms with Gasteiger partial charge in [0.15, 0.2) is 0 Å². The van der Waals surface area contributed by atoms with Gasteiger partial charge in [0.25, 0.3) is 0 Å². The Morgan fingerprint density at radius 1 is 1.10 bits per heavy atom. The molecule has 0 radical (unpaired) electrons. The molecule has 3 fully saturated rings. The molecule has 0 aliphatic heterocycles. The standard InChI is InChI=1S/C26H37BrO4/c1-15(14-27)21-8-9-22-20-7-6-18-12-19(30-16(2)28)13-24(31-17(3)29)26(18,5)23(20)10-11-25(21,22)4/h6-7,15,19,21-24H,8-14H2,1-5H3/t15?,19?,21-,22+,23+,24?,25-,26+/m1/s1. The molecule has 0 spiro atoms. The Balaban J connectivity index is 1.70. The number of hydrogen-bond acceptors (Lipinski definition) is 4. The number of halogens is 1. The highest BCUT2D eigenvalue weighted by Gasteiger charge is 2.60. The monoisotopic (exact) mass is 492 g/mol. The highest BCUT2D eigenvalue weighted by Crippen LogP contribution is 2.66. The van der Waals surface area contributed by atoms with Crippen molar-refractivity contribution >= 4 is 27.9 Å². The summed E-state index contributed by atoms with van der Waals surface area (Å²) >= 11 is 3.73. The van der Waals surface area contributed by atoms with Gasteiger partial charge in [0, 0.05) is 37.4 Å². The fourth-order valence-corrected chi connectivity index (χ4v) is 8.23. The van der Waals surface area contributed by atoms with Crippen LogP contribution in [0.25, 0.3) is 0 Å². The molecule has 31 heavy (non-hydrogen) atoms. The molecule has 0 N–H and O–H groups in total. The zero-order valence-corrected chi connectivity index (χ0v) is 21.2. The molecule has 4 aliphatic carbocycles. The fraction of sp³-hybridized carbons (Fsp3) is 0.769. The van der Waals surface area contributed by atoms with Gasteiger partial charge in [-0.15, -0.1) is 0 Å². The van der Waals surface area contributed by atoms with Crippen LogP contribution in [0.2, 0.25) is 0 Å². The minimum Gasteiger partial charge on any atom is -0.462 e. The van der Waals surface area contributed by atoms with Gasteiger partial charge in [-0.25, -0.2) is 0 Å². The molecule has 4 nitrogen and oxygen atoms in total. The van der Waals surface area contributed by atoms with Gasteiger partial charge >= 0.3 is 11.9 Å². The summed E-state index contributed by atoms with van der Waals surface area (Å²) in [7, 11) is 0. The van der Waals surface area contributed by atoms with Gasteiger partial charge in [0.1, 0.15) is 12.2 Å². The number of rotatable bonds is 4. The van der Waals surface area contributed by atoms with E-state index >= 15 is 0 Å². The molecule has 0 saturated heterocycles. The normalized spacial score (nSPS) is 42.3. The molecule has 8 atom stereocenters. The topological polar surface area (TPSA) is 52.6 Å². The molecule has 0 aromatic carbocycles. The van der Waals surface area contributed by atoms with Gasteiger partial charge in [-0.05, 0) is 54.8 Å². The second kappa shape index (κ2) is 8.35. The van der Waals surface area contributed by atoms with Crippen LogP contribution in [0.5, 0.6) is 0 Å². The minimum atomic E-state index is -0.269. The van der Waals surface area contributed by atoms with E-state index < -0.39 is 0 Å². The van der Waals surface area contributed by atoms with Crippen molar-refractivity contribution in [3.63, 3.8) is 0 Å². The van der Waals surface area contributed by atoms with Crippen LogP contribution >= 0.6 is 15.9 Å². The van der Waals surface area contributed by atoms with Crippen LogP contribution in [-0.2, 0) is 19.1 Å². The largest absolute Gasteiger partial charge is 0.462 e. The Morgan fingerprint density at radius 2 is 1.81 bits per heavy atom. The van der Waals surface area contributed by atoms with Crippen LogP contribution in [0.15, 0.2) is 23.3 Å². The van der Waals surface area contributed by atoms with Crippen LogP contribution in [0.1, 0.15) is 73.1 Å². The number of fused-ring (bicyclic) bond motifs is 5. The molecule has 0 bridgehead atoms. The van der Waals surface area contributed by atoms with Crippen molar-refractivity contribution < 1.29 is 19.1 Å². The number of ether oxygens (including phenoxy) is 2. The van der Waals surface area contributed by atoms with Crippen molar-refractivity contribution in [3.05, 3.63) is 23.3 Å². The molecule has 0 heterocycles. The van der Waals surface area contributed by atoms with E-state index in [4.69, 9.17) is 9.47 Å². The third kappa shape index (κ3) is 3.73. The second-order valence-corrected chi connectivity index (χ2v) is 11.5. The SMILES string of the molecule is CC(=O)OC1CC2=CC=C3[C@@H]4CC[C@H](C(C)CBr)[C@@]4(C)CC[C@@H]3[C@@]2(C)C(OC(C)=O)C1.